The number of hydrogen-bond acceptors (Lipinski definition) is 0. The molecule has 0 aliphatic heterocycles. The molecule has 70 valence electrons. The third kappa shape index (κ3) is 9.65. The van der Waals surface area contributed by atoms with E-state index in [1.807, 2.05) is 0 Å². The van der Waals surface area contributed by atoms with Crippen molar-refractivity contribution in [1.82, 2.24) is 0 Å². The Morgan fingerprint density at radius 3 is 1.45 bits per heavy atom. The minimum Gasteiger partial charge on any atom is -0.251 e. The fourth-order valence-electron chi connectivity index (χ4n) is 0.0875. The van der Waals surface area contributed by atoms with Gasteiger partial charge in [-0.3, -0.25) is 8.78 Å². The molecule has 0 aromatic heterocycles. The second kappa shape index (κ2) is 6.37. The van der Waals surface area contributed by atoms with Crippen LogP contribution in [-0.2, 0) is 0 Å². The second-order valence-electron chi connectivity index (χ2n) is 1.86. The molecule has 0 saturated carbocycles. The van der Waals surface area contributed by atoms with Crippen molar-refractivity contribution in [3.05, 3.63) is 0 Å². The smallest absolute Gasteiger partial charge is 0.251 e. The summed E-state index contributed by atoms with van der Waals surface area (Å²) in [5, 5.41) is 0. The summed E-state index contributed by atoms with van der Waals surface area (Å²) in [5.74, 6) is -1.82. The normalized spacial score (nSPS) is 13.4. The van der Waals surface area contributed by atoms with E-state index in [9.17, 15) is 22.0 Å². The average Bonchev–Trinajstić information content (AvgIpc) is 1.86. The van der Waals surface area contributed by atoms with Crippen molar-refractivity contribution in [3.8, 4) is 0 Å². The molecule has 0 bridgehead atoms. The summed E-state index contributed by atoms with van der Waals surface area (Å²) in [4.78, 5) is 0. The van der Waals surface area contributed by atoms with Crippen LogP contribution in [0.1, 0.15) is 13.8 Å². The molecular weight excluding hydrogens is 167 g/mol. The number of rotatable bonds is 1. The molecule has 0 aromatic rings. The van der Waals surface area contributed by atoms with Gasteiger partial charge in [-0.05, 0) is 6.92 Å². The van der Waals surface area contributed by atoms with Gasteiger partial charge in [0.2, 0.25) is 0 Å². The molecule has 1 atom stereocenters. The van der Waals surface area contributed by atoms with E-state index in [1.54, 1.807) is 0 Å². The van der Waals surface area contributed by atoms with Gasteiger partial charge in [0.05, 0.1) is 12.6 Å². The van der Waals surface area contributed by atoms with E-state index < -0.39 is 18.8 Å². The Kier molecular flexibility index (Phi) is 7.67. The van der Waals surface area contributed by atoms with E-state index in [4.69, 9.17) is 0 Å². The zero-order valence-electron chi connectivity index (χ0n) is 6.38. The summed E-state index contributed by atoms with van der Waals surface area (Å²) in [6.45, 7) is 0.684. The van der Waals surface area contributed by atoms with E-state index in [-0.39, 0.29) is 6.67 Å². The Labute approximate surface area is 62.4 Å². The largest absolute Gasteiger partial charge is 0.394 e. The topological polar surface area (TPSA) is 0 Å². The van der Waals surface area contributed by atoms with Crippen LogP contribution in [0.5, 0.6) is 0 Å². The molecule has 0 amide bonds. The van der Waals surface area contributed by atoms with Crippen LogP contribution in [0.15, 0.2) is 0 Å². The van der Waals surface area contributed by atoms with Crippen LogP contribution >= 0.6 is 0 Å². The van der Waals surface area contributed by atoms with Crippen LogP contribution in [0, 0.1) is 5.92 Å². The Balaban J connectivity index is 0. The molecular formula is C6H11F5. The molecule has 11 heavy (non-hydrogen) atoms. The number of hydrogen-bond donors (Lipinski definition) is 0. The van der Waals surface area contributed by atoms with Gasteiger partial charge in [-0.1, -0.05) is 6.92 Å². The van der Waals surface area contributed by atoms with Crippen LogP contribution in [0.3, 0.4) is 0 Å². The third-order valence-corrected chi connectivity index (χ3v) is 0.790. The number of halogens is 5. The van der Waals surface area contributed by atoms with Gasteiger partial charge in [-0.25, -0.2) is 0 Å². The van der Waals surface area contributed by atoms with E-state index >= 15 is 0 Å². The Bertz CT molecular complexity index is 77.5. The van der Waals surface area contributed by atoms with E-state index in [0.29, 0.717) is 0 Å². The van der Waals surface area contributed by atoms with Crippen molar-refractivity contribution in [1.29, 1.82) is 0 Å². The quantitative estimate of drug-likeness (QED) is 0.541. The summed E-state index contributed by atoms with van der Waals surface area (Å²) in [6.07, 6.45) is -4.37. The predicted molar refractivity (Wildman–Crippen MR) is 32.8 cm³/mol. The first kappa shape index (κ1) is 13.3. The minimum atomic E-state index is -4.37. The number of alkyl halides is 5. The van der Waals surface area contributed by atoms with Crippen LogP contribution < -0.4 is 0 Å². The molecule has 1 unspecified atom stereocenters. The molecule has 0 nitrogen and oxygen atoms in total. The standard InChI is InChI=1S/C4H6F4.C2H5F/c1-3(2-5)4(6,7)8;1-2-3/h3H,2H2,1H3;2H2,1H3. The lowest BCUT2D eigenvalue weighted by Crippen LogP contribution is -2.21. The van der Waals surface area contributed by atoms with Crippen molar-refractivity contribution in [3.63, 3.8) is 0 Å². The van der Waals surface area contributed by atoms with Crippen LogP contribution in [0.2, 0.25) is 0 Å². The summed E-state index contributed by atoms with van der Waals surface area (Å²) in [5.41, 5.74) is 0. The molecule has 0 saturated heterocycles. The van der Waals surface area contributed by atoms with Gasteiger partial charge in [0, 0.05) is 0 Å². The lowest BCUT2D eigenvalue weighted by molar-refractivity contribution is -0.172. The summed E-state index contributed by atoms with van der Waals surface area (Å²) < 4.78 is 55.1. The molecule has 0 aliphatic carbocycles. The SMILES string of the molecule is CC(CF)C(F)(F)F.CCF. The van der Waals surface area contributed by atoms with Crippen molar-refractivity contribution >= 4 is 0 Å². The van der Waals surface area contributed by atoms with Gasteiger partial charge in [0.15, 0.2) is 0 Å². The van der Waals surface area contributed by atoms with Crippen molar-refractivity contribution < 1.29 is 22.0 Å². The average molecular weight is 178 g/mol. The highest BCUT2D eigenvalue weighted by molar-refractivity contribution is 4.58. The first-order chi connectivity index (χ1) is 4.90. The molecule has 5 heteroatoms. The maximum atomic E-state index is 11.2. The molecule has 0 heterocycles. The van der Waals surface area contributed by atoms with Crippen LogP contribution in [0.4, 0.5) is 22.0 Å². The Morgan fingerprint density at radius 1 is 1.18 bits per heavy atom. The lowest BCUT2D eigenvalue weighted by atomic mass is 10.2. The maximum absolute atomic E-state index is 11.2. The summed E-state index contributed by atoms with van der Waals surface area (Å²) >= 11 is 0. The lowest BCUT2D eigenvalue weighted by Gasteiger charge is -2.09. The van der Waals surface area contributed by atoms with Crippen molar-refractivity contribution in [2.75, 3.05) is 13.3 Å². The molecule has 0 spiro atoms. The Morgan fingerprint density at radius 2 is 1.45 bits per heavy atom. The predicted octanol–water partition coefficient (Wildman–Crippen LogP) is 3.13. The van der Waals surface area contributed by atoms with E-state index in [1.165, 1.54) is 6.92 Å². The fourth-order valence-corrected chi connectivity index (χ4v) is 0.0875. The fraction of sp³-hybridized carbons (Fsp3) is 1.00. The van der Waals surface area contributed by atoms with Gasteiger partial charge in [0.25, 0.3) is 0 Å². The van der Waals surface area contributed by atoms with E-state index in [0.717, 1.165) is 6.92 Å². The van der Waals surface area contributed by atoms with Gasteiger partial charge in [-0.15, -0.1) is 0 Å². The molecule has 0 fully saturated rings. The first-order valence-electron chi connectivity index (χ1n) is 3.08. The van der Waals surface area contributed by atoms with Gasteiger partial charge < -0.3 is 0 Å². The van der Waals surface area contributed by atoms with Crippen LogP contribution in [-0.4, -0.2) is 19.5 Å². The summed E-state index contributed by atoms with van der Waals surface area (Å²) in [6, 6.07) is 0. The molecule has 0 aliphatic rings. The third-order valence-electron chi connectivity index (χ3n) is 0.790. The zero-order valence-corrected chi connectivity index (χ0v) is 6.38. The van der Waals surface area contributed by atoms with Gasteiger partial charge in [0.1, 0.15) is 6.67 Å². The maximum Gasteiger partial charge on any atom is 0.394 e. The van der Waals surface area contributed by atoms with Crippen molar-refractivity contribution in [2.45, 2.75) is 20.0 Å². The first-order valence-corrected chi connectivity index (χ1v) is 3.08. The van der Waals surface area contributed by atoms with Crippen LogP contribution in [0.25, 0.3) is 0 Å². The van der Waals surface area contributed by atoms with Crippen molar-refractivity contribution in [2.24, 2.45) is 5.92 Å². The molecule has 0 N–H and O–H groups in total. The van der Waals surface area contributed by atoms with E-state index in [2.05, 4.69) is 0 Å². The molecule has 0 rings (SSSR count). The van der Waals surface area contributed by atoms with Gasteiger partial charge in [-0.2, -0.15) is 13.2 Å². The highest BCUT2D eigenvalue weighted by Gasteiger charge is 2.35. The van der Waals surface area contributed by atoms with Gasteiger partial charge >= 0.3 is 6.18 Å². The molecule has 0 aromatic carbocycles. The zero-order chi connectivity index (χ0) is 9.49. The summed E-state index contributed by atoms with van der Waals surface area (Å²) in [7, 11) is 0. The minimum absolute atomic E-state index is 0.250. The highest BCUT2D eigenvalue weighted by atomic mass is 19.4. The molecule has 0 radical (unpaired) electrons. The highest BCUT2D eigenvalue weighted by Crippen LogP contribution is 2.25. The second-order valence-corrected chi connectivity index (χ2v) is 1.86. The monoisotopic (exact) mass is 178 g/mol. The Hall–Kier alpha value is -0.350.